The van der Waals surface area contributed by atoms with Gasteiger partial charge in [-0.2, -0.15) is 0 Å². The van der Waals surface area contributed by atoms with Gasteiger partial charge in [0.15, 0.2) is 0 Å². The Morgan fingerprint density at radius 1 is 0.364 bits per heavy atom. The van der Waals surface area contributed by atoms with E-state index in [0.29, 0.717) is 19.4 Å². The van der Waals surface area contributed by atoms with Gasteiger partial charge in [-0.25, -0.2) is 0 Å². The van der Waals surface area contributed by atoms with Crippen LogP contribution in [0, 0.1) is 0 Å². The monoisotopic (exact) mass is 1080 g/mol. The van der Waals surface area contributed by atoms with Crippen molar-refractivity contribution in [1.29, 1.82) is 0 Å². The van der Waals surface area contributed by atoms with Gasteiger partial charge in [0, 0.05) is 12.8 Å². The standard InChI is InChI=1S/C71H135NO5/c1-3-5-7-9-11-13-15-17-19-20-21-22-23-24-26-29-32-36-39-43-47-51-55-59-63-69(74)68(67-73)72-70(75)64-60-56-52-48-44-40-37-33-30-27-25-28-31-34-38-42-46-50-54-58-62-66-77-71(76)65-61-57-53-49-45-41-35-18-16-14-12-10-8-6-4-2/h42,46,54,58-59,63,68-69,73-74H,3-41,43-45,47-53,55-57,60-62,64-67H2,1-2H3,(H,72,75)/b46-42-,58-54-,63-59+. The van der Waals surface area contributed by atoms with E-state index in [2.05, 4.69) is 43.5 Å². The normalized spacial score (nSPS) is 12.7. The van der Waals surface area contributed by atoms with Crippen molar-refractivity contribution in [2.24, 2.45) is 0 Å². The average molecular weight is 1080 g/mol. The predicted octanol–water partition coefficient (Wildman–Crippen LogP) is 22.3. The highest BCUT2D eigenvalue weighted by Crippen LogP contribution is 2.18. The van der Waals surface area contributed by atoms with Crippen LogP contribution in [0.15, 0.2) is 36.5 Å². The van der Waals surface area contributed by atoms with Crippen LogP contribution >= 0.6 is 0 Å². The van der Waals surface area contributed by atoms with Crippen molar-refractivity contribution >= 4 is 11.9 Å². The zero-order valence-electron chi connectivity index (χ0n) is 52.0. The SMILES string of the molecule is CCCCCCCCCCCCCCCCCCCCCCCC/C=C/C(O)C(CO)NC(=O)CCCCCCCCCCCCCCCC/C=C\C/C=C\CCOC(=O)CCCCCCCCCCCCCCCCC. The fourth-order valence-electron chi connectivity index (χ4n) is 10.9. The summed E-state index contributed by atoms with van der Waals surface area (Å²) in [4.78, 5) is 24.6. The van der Waals surface area contributed by atoms with Crippen LogP contribution in [0.4, 0.5) is 0 Å². The number of ether oxygens (including phenoxy) is 1. The molecule has 2 unspecified atom stereocenters. The van der Waals surface area contributed by atoms with E-state index >= 15 is 0 Å². The molecule has 6 heteroatoms. The molecular weight excluding hydrogens is 947 g/mol. The maximum Gasteiger partial charge on any atom is 0.305 e. The summed E-state index contributed by atoms with van der Waals surface area (Å²) in [5.74, 6) is -0.101. The van der Waals surface area contributed by atoms with Crippen molar-refractivity contribution in [3.05, 3.63) is 36.5 Å². The third-order valence-electron chi connectivity index (χ3n) is 16.2. The number of allylic oxidation sites excluding steroid dienone is 4. The maximum atomic E-state index is 12.5. The van der Waals surface area contributed by atoms with Crippen LogP contribution in [0.25, 0.3) is 0 Å². The van der Waals surface area contributed by atoms with Gasteiger partial charge in [0.2, 0.25) is 5.91 Å². The Bertz CT molecular complexity index is 1250. The summed E-state index contributed by atoms with van der Waals surface area (Å²) >= 11 is 0. The van der Waals surface area contributed by atoms with Crippen LogP contribution in [0.3, 0.4) is 0 Å². The second kappa shape index (κ2) is 66.6. The summed E-state index contributed by atoms with van der Waals surface area (Å²) in [6, 6.07) is -0.633. The zero-order valence-corrected chi connectivity index (χ0v) is 52.0. The number of rotatable bonds is 65. The molecule has 1 amide bonds. The van der Waals surface area contributed by atoms with Crippen LogP contribution in [-0.2, 0) is 14.3 Å². The molecule has 0 aromatic rings. The van der Waals surface area contributed by atoms with Crippen molar-refractivity contribution in [3.8, 4) is 0 Å². The van der Waals surface area contributed by atoms with E-state index in [1.54, 1.807) is 6.08 Å². The molecule has 6 nitrogen and oxygen atoms in total. The smallest absolute Gasteiger partial charge is 0.305 e. The number of aliphatic hydroxyl groups is 2. The number of nitrogens with one attached hydrogen (secondary N) is 1. The van der Waals surface area contributed by atoms with Crippen LogP contribution in [0.1, 0.15) is 380 Å². The van der Waals surface area contributed by atoms with Gasteiger partial charge in [-0.15, -0.1) is 0 Å². The number of hydrogen-bond acceptors (Lipinski definition) is 5. The van der Waals surface area contributed by atoms with Crippen LogP contribution in [-0.4, -0.2) is 47.4 Å². The van der Waals surface area contributed by atoms with Crippen LogP contribution in [0.2, 0.25) is 0 Å². The minimum atomic E-state index is -0.850. The lowest BCUT2D eigenvalue weighted by molar-refractivity contribution is -0.143. The fourth-order valence-corrected chi connectivity index (χ4v) is 10.9. The number of carbonyl (C=O) groups is 2. The summed E-state index contributed by atoms with van der Waals surface area (Å²) in [6.07, 6.45) is 85.1. The first-order valence-corrected chi connectivity index (χ1v) is 34.8. The summed E-state index contributed by atoms with van der Waals surface area (Å²) in [7, 11) is 0. The van der Waals surface area contributed by atoms with E-state index in [1.165, 1.54) is 302 Å². The second-order valence-electron chi connectivity index (χ2n) is 23.9. The van der Waals surface area contributed by atoms with E-state index in [4.69, 9.17) is 4.74 Å². The van der Waals surface area contributed by atoms with Gasteiger partial charge in [-0.1, -0.05) is 352 Å². The molecule has 0 bridgehead atoms. The second-order valence-corrected chi connectivity index (χ2v) is 23.9. The maximum absolute atomic E-state index is 12.5. The van der Waals surface area contributed by atoms with Crippen molar-refractivity contribution in [2.75, 3.05) is 13.2 Å². The topological polar surface area (TPSA) is 95.9 Å². The number of unbranched alkanes of at least 4 members (excludes halogenated alkanes) is 50. The molecule has 0 heterocycles. The lowest BCUT2D eigenvalue weighted by Gasteiger charge is -2.20. The molecule has 0 aliphatic rings. The highest BCUT2D eigenvalue weighted by molar-refractivity contribution is 5.76. The highest BCUT2D eigenvalue weighted by Gasteiger charge is 2.18. The number of hydrogen-bond donors (Lipinski definition) is 3. The molecule has 0 aliphatic carbocycles. The number of aliphatic hydroxyl groups excluding tert-OH is 2. The van der Waals surface area contributed by atoms with E-state index < -0.39 is 12.1 Å². The quantitative estimate of drug-likeness (QED) is 0.0320. The zero-order chi connectivity index (χ0) is 55.7. The summed E-state index contributed by atoms with van der Waals surface area (Å²) in [6.45, 7) is 4.83. The third kappa shape index (κ3) is 63.1. The first kappa shape index (κ1) is 75.1. The highest BCUT2D eigenvalue weighted by atomic mass is 16.5. The van der Waals surface area contributed by atoms with E-state index in [0.717, 1.165) is 51.4 Å². The number of esters is 1. The molecule has 3 N–H and O–H groups in total. The van der Waals surface area contributed by atoms with E-state index in [1.807, 2.05) is 6.08 Å². The van der Waals surface area contributed by atoms with Gasteiger partial charge in [-0.3, -0.25) is 9.59 Å². The Morgan fingerprint density at radius 3 is 0.987 bits per heavy atom. The van der Waals surface area contributed by atoms with Gasteiger partial charge < -0.3 is 20.3 Å². The van der Waals surface area contributed by atoms with Gasteiger partial charge in [-0.05, 0) is 51.4 Å². The van der Waals surface area contributed by atoms with Gasteiger partial charge >= 0.3 is 5.97 Å². The van der Waals surface area contributed by atoms with Gasteiger partial charge in [0.1, 0.15) is 0 Å². The molecular formula is C71H135NO5. The molecule has 0 rings (SSSR count). The Balaban J connectivity index is 3.47. The Labute approximate surface area is 481 Å². The predicted molar refractivity (Wildman–Crippen MR) is 338 cm³/mol. The molecule has 0 spiro atoms. The van der Waals surface area contributed by atoms with Crippen LogP contribution in [0.5, 0.6) is 0 Å². The summed E-state index contributed by atoms with van der Waals surface area (Å²) < 4.78 is 5.43. The molecule has 0 saturated heterocycles. The van der Waals surface area contributed by atoms with Crippen molar-refractivity contribution in [3.63, 3.8) is 0 Å². The van der Waals surface area contributed by atoms with Gasteiger partial charge in [0.05, 0.1) is 25.4 Å². The molecule has 0 aromatic carbocycles. The molecule has 0 fully saturated rings. The van der Waals surface area contributed by atoms with Crippen LogP contribution < -0.4 is 5.32 Å². The van der Waals surface area contributed by atoms with Crippen molar-refractivity contribution in [1.82, 2.24) is 5.32 Å². The lowest BCUT2D eigenvalue weighted by Crippen LogP contribution is -2.45. The molecule has 0 saturated carbocycles. The average Bonchev–Trinajstić information content (AvgIpc) is 3.43. The molecule has 454 valence electrons. The molecule has 0 radical (unpaired) electrons. The number of carbonyl (C=O) groups excluding carboxylic acids is 2. The van der Waals surface area contributed by atoms with E-state index in [9.17, 15) is 19.8 Å². The molecule has 0 aromatic heterocycles. The van der Waals surface area contributed by atoms with Crippen molar-refractivity contribution < 1.29 is 24.5 Å². The minimum Gasteiger partial charge on any atom is -0.465 e. The first-order valence-electron chi connectivity index (χ1n) is 34.8. The fraction of sp³-hybridized carbons (Fsp3) is 0.887. The Hall–Kier alpha value is -1.92. The van der Waals surface area contributed by atoms with Crippen molar-refractivity contribution in [2.45, 2.75) is 392 Å². The lowest BCUT2D eigenvalue weighted by atomic mass is 10.0. The molecule has 2 atom stereocenters. The number of amides is 1. The Morgan fingerprint density at radius 2 is 0.649 bits per heavy atom. The Kier molecular flexibility index (Phi) is 64.9. The first-order chi connectivity index (χ1) is 38.0. The van der Waals surface area contributed by atoms with Gasteiger partial charge in [0.25, 0.3) is 0 Å². The summed E-state index contributed by atoms with van der Waals surface area (Å²) in [5.41, 5.74) is 0. The van der Waals surface area contributed by atoms with E-state index in [-0.39, 0.29) is 18.5 Å². The summed E-state index contributed by atoms with van der Waals surface area (Å²) in [5, 5.41) is 23.3. The largest absolute Gasteiger partial charge is 0.465 e. The minimum absolute atomic E-state index is 0.0323. The third-order valence-corrected chi connectivity index (χ3v) is 16.2. The molecule has 0 aliphatic heterocycles. The molecule has 77 heavy (non-hydrogen) atoms.